The van der Waals surface area contributed by atoms with E-state index >= 15 is 0 Å². The number of nitrogens with one attached hydrogen (secondary N) is 1. The van der Waals surface area contributed by atoms with Crippen molar-refractivity contribution in [2.75, 3.05) is 11.9 Å². The maximum atomic E-state index is 6.11. The van der Waals surface area contributed by atoms with Crippen LogP contribution in [0.2, 0.25) is 0 Å². The summed E-state index contributed by atoms with van der Waals surface area (Å²) < 4.78 is 1.77. The predicted octanol–water partition coefficient (Wildman–Crippen LogP) is 2.94. The van der Waals surface area contributed by atoms with Gasteiger partial charge in [-0.1, -0.05) is 0 Å². The van der Waals surface area contributed by atoms with E-state index in [1.165, 1.54) is 12.8 Å². The highest BCUT2D eigenvalue weighted by atomic mass is 35.5. The lowest BCUT2D eigenvalue weighted by Gasteiger charge is -2.25. The molecule has 0 unspecified atom stereocenters. The molecule has 1 fully saturated rings. The Balaban J connectivity index is 1.59. The van der Waals surface area contributed by atoms with Crippen molar-refractivity contribution < 1.29 is 0 Å². The van der Waals surface area contributed by atoms with Crippen LogP contribution in [0.5, 0.6) is 0 Å². The molecular weight excluding hydrogens is 248 g/mol. The molecule has 0 spiro atoms. The molecule has 1 saturated carbocycles. The summed E-state index contributed by atoms with van der Waals surface area (Å²) >= 11 is 6.11. The summed E-state index contributed by atoms with van der Waals surface area (Å²) in [6.07, 6.45) is 8.41. The van der Waals surface area contributed by atoms with E-state index in [9.17, 15) is 0 Å². The molecule has 96 valence electrons. The Hall–Kier alpha value is -1.29. The van der Waals surface area contributed by atoms with E-state index < -0.39 is 0 Å². The fourth-order valence-corrected chi connectivity index (χ4v) is 2.74. The van der Waals surface area contributed by atoms with Crippen LogP contribution < -0.4 is 5.32 Å². The van der Waals surface area contributed by atoms with Crippen LogP contribution in [0.3, 0.4) is 0 Å². The summed E-state index contributed by atoms with van der Waals surface area (Å²) in [5.74, 6) is 1.65. The third kappa shape index (κ3) is 2.58. The summed E-state index contributed by atoms with van der Waals surface area (Å²) in [6, 6.07) is 3.87. The molecule has 0 radical (unpaired) electrons. The number of hydrogen-bond acceptors (Lipinski definition) is 3. The molecule has 0 bridgehead atoms. The summed E-state index contributed by atoms with van der Waals surface area (Å²) in [4.78, 5) is 4.50. The number of halogens is 1. The Bertz CT molecular complexity index is 516. The van der Waals surface area contributed by atoms with Crippen molar-refractivity contribution in [2.24, 2.45) is 5.92 Å². The average Bonchev–Trinajstić information content (AvgIpc) is 2.85. The molecule has 0 atom stereocenters. The molecule has 3 rings (SSSR count). The van der Waals surface area contributed by atoms with Gasteiger partial charge in [-0.05, 0) is 37.7 Å². The highest BCUT2D eigenvalue weighted by molar-refractivity contribution is 6.20. The number of rotatable bonds is 3. The first-order valence-corrected chi connectivity index (χ1v) is 6.93. The van der Waals surface area contributed by atoms with Gasteiger partial charge in [0.2, 0.25) is 0 Å². The number of nitrogens with zero attached hydrogens (tertiary/aromatic N) is 3. The zero-order valence-electron chi connectivity index (χ0n) is 10.2. The average molecular weight is 265 g/mol. The van der Waals surface area contributed by atoms with E-state index in [0.717, 1.165) is 36.8 Å². The van der Waals surface area contributed by atoms with Crippen molar-refractivity contribution in [3.63, 3.8) is 0 Å². The molecule has 1 N–H and O–H groups in total. The normalized spacial score (nSPS) is 24.3. The second kappa shape index (κ2) is 5.14. The van der Waals surface area contributed by atoms with Gasteiger partial charge in [0.15, 0.2) is 5.65 Å². The SMILES string of the molecule is ClC1CCC(CNc2ccn3nccc3n2)CC1. The molecule has 0 aliphatic heterocycles. The fraction of sp³-hybridized carbons (Fsp3) is 0.538. The van der Waals surface area contributed by atoms with Crippen LogP contribution in [0, 0.1) is 5.92 Å². The number of aromatic nitrogens is 3. The van der Waals surface area contributed by atoms with Crippen LogP contribution in [0.15, 0.2) is 24.5 Å². The first-order chi connectivity index (χ1) is 8.81. The topological polar surface area (TPSA) is 42.2 Å². The Kier molecular flexibility index (Phi) is 3.37. The molecule has 2 aromatic rings. The second-order valence-corrected chi connectivity index (χ2v) is 5.56. The lowest BCUT2D eigenvalue weighted by Crippen LogP contribution is -2.21. The van der Waals surface area contributed by atoms with Crippen molar-refractivity contribution in [3.05, 3.63) is 24.5 Å². The van der Waals surface area contributed by atoms with Crippen LogP contribution in [-0.2, 0) is 0 Å². The zero-order chi connectivity index (χ0) is 12.4. The van der Waals surface area contributed by atoms with Crippen molar-refractivity contribution in [2.45, 2.75) is 31.1 Å². The highest BCUT2D eigenvalue weighted by Crippen LogP contribution is 2.27. The van der Waals surface area contributed by atoms with Crippen molar-refractivity contribution >= 4 is 23.1 Å². The van der Waals surface area contributed by atoms with E-state index in [4.69, 9.17) is 11.6 Å². The summed E-state index contributed by atoms with van der Waals surface area (Å²) in [6.45, 7) is 0.987. The smallest absolute Gasteiger partial charge is 0.157 e. The van der Waals surface area contributed by atoms with Gasteiger partial charge >= 0.3 is 0 Å². The molecule has 0 amide bonds. The molecule has 5 heteroatoms. The Morgan fingerprint density at radius 2 is 2.11 bits per heavy atom. The largest absolute Gasteiger partial charge is 0.370 e. The Morgan fingerprint density at radius 3 is 2.94 bits per heavy atom. The third-order valence-electron chi connectivity index (χ3n) is 3.61. The number of hydrogen-bond donors (Lipinski definition) is 1. The quantitative estimate of drug-likeness (QED) is 0.867. The molecule has 2 aromatic heterocycles. The van der Waals surface area contributed by atoms with Gasteiger partial charge in [-0.3, -0.25) is 0 Å². The van der Waals surface area contributed by atoms with E-state index in [1.807, 2.05) is 18.3 Å². The van der Waals surface area contributed by atoms with Crippen LogP contribution in [-0.4, -0.2) is 26.5 Å². The van der Waals surface area contributed by atoms with Crippen molar-refractivity contribution in [1.29, 1.82) is 0 Å². The van der Waals surface area contributed by atoms with Gasteiger partial charge < -0.3 is 5.32 Å². The summed E-state index contributed by atoms with van der Waals surface area (Å²) in [7, 11) is 0. The minimum absolute atomic E-state index is 0.391. The van der Waals surface area contributed by atoms with Gasteiger partial charge in [0.1, 0.15) is 5.82 Å². The van der Waals surface area contributed by atoms with Crippen LogP contribution >= 0.6 is 11.6 Å². The lowest BCUT2D eigenvalue weighted by atomic mass is 9.89. The van der Waals surface area contributed by atoms with Gasteiger partial charge in [-0.2, -0.15) is 5.10 Å². The van der Waals surface area contributed by atoms with Crippen molar-refractivity contribution in [1.82, 2.24) is 14.6 Å². The van der Waals surface area contributed by atoms with Crippen LogP contribution in [0.4, 0.5) is 5.82 Å². The molecule has 1 aliphatic rings. The maximum Gasteiger partial charge on any atom is 0.157 e. The maximum absolute atomic E-state index is 6.11. The standard InChI is InChI=1S/C13H17ClN4/c14-11-3-1-10(2-4-11)9-15-12-6-8-18-13(17-12)5-7-16-18/h5-8,10-11H,1-4,9H2,(H,15,17). The molecule has 0 aromatic carbocycles. The van der Waals surface area contributed by atoms with E-state index in [-0.39, 0.29) is 0 Å². The van der Waals surface area contributed by atoms with Gasteiger partial charge in [0, 0.05) is 24.2 Å². The predicted molar refractivity (Wildman–Crippen MR) is 73.1 cm³/mol. The number of alkyl halides is 1. The van der Waals surface area contributed by atoms with Crippen LogP contribution in [0.25, 0.3) is 5.65 Å². The van der Waals surface area contributed by atoms with Crippen LogP contribution in [0.1, 0.15) is 25.7 Å². The minimum atomic E-state index is 0.391. The summed E-state index contributed by atoms with van der Waals surface area (Å²) in [5, 5.41) is 7.94. The Labute approximate surface area is 111 Å². The van der Waals surface area contributed by atoms with E-state index in [0.29, 0.717) is 5.38 Å². The third-order valence-corrected chi connectivity index (χ3v) is 4.04. The van der Waals surface area contributed by atoms with E-state index in [1.54, 1.807) is 10.7 Å². The minimum Gasteiger partial charge on any atom is -0.370 e. The van der Waals surface area contributed by atoms with Gasteiger partial charge in [0.05, 0.1) is 6.20 Å². The fourth-order valence-electron chi connectivity index (χ4n) is 2.49. The first kappa shape index (κ1) is 11.8. The molecule has 4 nitrogen and oxygen atoms in total. The zero-order valence-corrected chi connectivity index (χ0v) is 11.0. The number of anilines is 1. The number of fused-ring (bicyclic) bond motifs is 1. The summed E-state index contributed by atoms with van der Waals surface area (Å²) in [5.41, 5.74) is 0.879. The molecule has 0 saturated heterocycles. The monoisotopic (exact) mass is 264 g/mol. The lowest BCUT2D eigenvalue weighted by molar-refractivity contribution is 0.377. The van der Waals surface area contributed by atoms with E-state index in [2.05, 4.69) is 15.4 Å². The van der Waals surface area contributed by atoms with Gasteiger partial charge in [0.25, 0.3) is 0 Å². The molecular formula is C13H17ClN4. The Morgan fingerprint density at radius 1 is 1.28 bits per heavy atom. The first-order valence-electron chi connectivity index (χ1n) is 6.49. The highest BCUT2D eigenvalue weighted by Gasteiger charge is 2.19. The molecule has 1 aliphatic carbocycles. The van der Waals surface area contributed by atoms with Crippen molar-refractivity contribution in [3.8, 4) is 0 Å². The van der Waals surface area contributed by atoms with Gasteiger partial charge in [-0.25, -0.2) is 9.50 Å². The van der Waals surface area contributed by atoms with Gasteiger partial charge in [-0.15, -0.1) is 11.6 Å². The second-order valence-electron chi connectivity index (χ2n) is 4.95. The molecule has 18 heavy (non-hydrogen) atoms. The molecule has 2 heterocycles.